The molecule has 1 unspecified atom stereocenters. The third-order valence-corrected chi connectivity index (χ3v) is 4.53. The monoisotopic (exact) mass is 350 g/mol. The van der Waals surface area contributed by atoms with Crippen LogP contribution < -0.4 is 16.1 Å². The van der Waals surface area contributed by atoms with Crippen molar-refractivity contribution in [2.24, 2.45) is 5.73 Å². The van der Waals surface area contributed by atoms with Gasteiger partial charge in [0.1, 0.15) is 17.2 Å². The highest BCUT2D eigenvalue weighted by Crippen LogP contribution is 2.44. The van der Waals surface area contributed by atoms with Gasteiger partial charge in [-0.05, 0) is 23.8 Å². The van der Waals surface area contributed by atoms with Gasteiger partial charge >= 0.3 is 5.63 Å². The summed E-state index contributed by atoms with van der Waals surface area (Å²) in [5.41, 5.74) is 6.73. The van der Waals surface area contributed by atoms with Crippen molar-refractivity contribution in [3.8, 4) is 11.8 Å². The number of para-hydroxylation sites is 1. The molecule has 0 amide bonds. The number of nitrogens with zero attached hydrogens (tertiary/aromatic N) is 1. The molecular formula is C19H11ClN2O3. The quantitative estimate of drug-likeness (QED) is 0.676. The van der Waals surface area contributed by atoms with Gasteiger partial charge in [0.15, 0.2) is 5.75 Å². The standard InChI is InChI=1S/C19H11ClN2O3/c20-13-7-3-1-5-10(13)15-12(9-21)18(22)25-17-11-6-2-4-8-14(11)24-19(23)16(15)17/h1-8,15H,22H2. The second-order valence-corrected chi connectivity index (χ2v) is 5.98. The number of nitrogens with two attached hydrogens (primary N) is 1. The zero-order valence-electron chi connectivity index (χ0n) is 12.8. The molecule has 1 atom stereocenters. The van der Waals surface area contributed by atoms with E-state index in [0.717, 1.165) is 0 Å². The van der Waals surface area contributed by atoms with E-state index in [1.54, 1.807) is 48.5 Å². The Labute approximate surface area is 147 Å². The van der Waals surface area contributed by atoms with Gasteiger partial charge in [-0.15, -0.1) is 0 Å². The normalized spacial score (nSPS) is 16.2. The van der Waals surface area contributed by atoms with Crippen LogP contribution in [0.2, 0.25) is 5.02 Å². The lowest BCUT2D eigenvalue weighted by Gasteiger charge is -2.26. The lowest BCUT2D eigenvalue weighted by molar-refractivity contribution is 0.388. The number of rotatable bonds is 1. The van der Waals surface area contributed by atoms with Gasteiger partial charge in [-0.2, -0.15) is 5.26 Å². The fourth-order valence-corrected chi connectivity index (χ4v) is 3.33. The van der Waals surface area contributed by atoms with Gasteiger partial charge in [-0.25, -0.2) is 4.79 Å². The molecule has 4 rings (SSSR count). The molecule has 0 bridgehead atoms. The van der Waals surface area contributed by atoms with Crippen LogP contribution in [0.4, 0.5) is 0 Å². The minimum Gasteiger partial charge on any atom is -0.439 e. The molecule has 0 fully saturated rings. The highest BCUT2D eigenvalue weighted by Gasteiger charge is 2.36. The Balaban J connectivity index is 2.12. The Morgan fingerprint density at radius 1 is 1.12 bits per heavy atom. The molecule has 1 aliphatic rings. The van der Waals surface area contributed by atoms with Crippen LogP contribution in [0.3, 0.4) is 0 Å². The zero-order chi connectivity index (χ0) is 17.6. The maximum absolute atomic E-state index is 12.7. The summed E-state index contributed by atoms with van der Waals surface area (Å²) in [6, 6.07) is 16.0. The van der Waals surface area contributed by atoms with Gasteiger partial charge in [-0.3, -0.25) is 0 Å². The molecule has 3 aromatic rings. The minimum absolute atomic E-state index is 0.0457. The largest absolute Gasteiger partial charge is 0.439 e. The summed E-state index contributed by atoms with van der Waals surface area (Å²) in [6.07, 6.45) is 0. The molecule has 0 radical (unpaired) electrons. The Kier molecular flexibility index (Phi) is 3.48. The Hall–Kier alpha value is -3.23. The first-order valence-electron chi connectivity index (χ1n) is 7.49. The van der Waals surface area contributed by atoms with Crippen LogP contribution in [0.5, 0.6) is 5.75 Å². The van der Waals surface area contributed by atoms with Crippen molar-refractivity contribution < 1.29 is 9.15 Å². The smallest absolute Gasteiger partial charge is 0.344 e. The summed E-state index contributed by atoms with van der Waals surface area (Å²) < 4.78 is 11.1. The predicted molar refractivity (Wildman–Crippen MR) is 93.2 cm³/mol. The summed E-state index contributed by atoms with van der Waals surface area (Å²) in [7, 11) is 0. The average molecular weight is 351 g/mol. The lowest BCUT2D eigenvalue weighted by atomic mass is 9.84. The van der Waals surface area contributed by atoms with Crippen LogP contribution in [-0.2, 0) is 0 Å². The van der Waals surface area contributed by atoms with Gasteiger partial charge in [0, 0.05) is 5.02 Å². The van der Waals surface area contributed by atoms with Crippen molar-refractivity contribution in [1.29, 1.82) is 5.26 Å². The molecule has 2 aromatic carbocycles. The van der Waals surface area contributed by atoms with Gasteiger partial charge in [0.05, 0.1) is 16.9 Å². The first-order chi connectivity index (χ1) is 12.1. The SMILES string of the molecule is N#CC1=C(N)Oc2c(c(=O)oc3ccccc23)C1c1ccccc1Cl. The summed E-state index contributed by atoms with van der Waals surface area (Å²) in [6.45, 7) is 0. The molecular weight excluding hydrogens is 340 g/mol. The number of benzene rings is 2. The molecule has 1 aromatic heterocycles. The van der Waals surface area contributed by atoms with E-state index in [2.05, 4.69) is 0 Å². The van der Waals surface area contributed by atoms with Crippen molar-refractivity contribution in [3.05, 3.63) is 86.6 Å². The predicted octanol–water partition coefficient (Wildman–Crippen LogP) is 3.66. The van der Waals surface area contributed by atoms with Crippen LogP contribution in [0.25, 0.3) is 11.0 Å². The number of fused-ring (bicyclic) bond motifs is 3. The lowest BCUT2D eigenvalue weighted by Crippen LogP contribution is -2.26. The van der Waals surface area contributed by atoms with E-state index >= 15 is 0 Å². The van der Waals surface area contributed by atoms with Crippen LogP contribution in [0, 0.1) is 11.3 Å². The van der Waals surface area contributed by atoms with E-state index < -0.39 is 11.5 Å². The highest BCUT2D eigenvalue weighted by molar-refractivity contribution is 6.31. The van der Waals surface area contributed by atoms with Crippen molar-refractivity contribution >= 4 is 22.6 Å². The average Bonchev–Trinajstić information content (AvgIpc) is 2.61. The second-order valence-electron chi connectivity index (χ2n) is 5.57. The molecule has 1 aliphatic heterocycles. The topological polar surface area (TPSA) is 89.3 Å². The number of hydrogen-bond acceptors (Lipinski definition) is 5. The van der Waals surface area contributed by atoms with Crippen LogP contribution in [0.15, 0.2) is 69.2 Å². The van der Waals surface area contributed by atoms with E-state index in [1.165, 1.54) is 0 Å². The van der Waals surface area contributed by atoms with Crippen LogP contribution in [-0.4, -0.2) is 0 Å². The Morgan fingerprint density at radius 2 is 1.84 bits per heavy atom. The zero-order valence-corrected chi connectivity index (χ0v) is 13.6. The maximum Gasteiger partial charge on any atom is 0.344 e. The molecule has 2 N–H and O–H groups in total. The molecule has 0 saturated heterocycles. The third-order valence-electron chi connectivity index (χ3n) is 4.19. The fourth-order valence-electron chi connectivity index (χ4n) is 3.09. The number of hydrogen-bond donors (Lipinski definition) is 1. The van der Waals surface area contributed by atoms with Crippen molar-refractivity contribution in [3.63, 3.8) is 0 Å². The van der Waals surface area contributed by atoms with Crippen LogP contribution in [0.1, 0.15) is 17.0 Å². The van der Waals surface area contributed by atoms with E-state index in [4.69, 9.17) is 26.5 Å². The second kappa shape index (κ2) is 5.69. The van der Waals surface area contributed by atoms with E-state index in [1.807, 2.05) is 6.07 Å². The first kappa shape index (κ1) is 15.3. The van der Waals surface area contributed by atoms with Gasteiger partial charge < -0.3 is 14.9 Å². The van der Waals surface area contributed by atoms with E-state index in [-0.39, 0.29) is 17.0 Å². The minimum atomic E-state index is -0.747. The third kappa shape index (κ3) is 2.27. The summed E-state index contributed by atoms with van der Waals surface area (Å²) in [4.78, 5) is 12.7. The number of nitriles is 1. The van der Waals surface area contributed by atoms with E-state index in [0.29, 0.717) is 27.3 Å². The van der Waals surface area contributed by atoms with Crippen molar-refractivity contribution in [1.82, 2.24) is 0 Å². The van der Waals surface area contributed by atoms with Gasteiger partial charge in [0.25, 0.3) is 0 Å². The number of ether oxygens (including phenoxy) is 1. The van der Waals surface area contributed by atoms with E-state index in [9.17, 15) is 10.1 Å². The number of allylic oxidation sites excluding steroid dienone is 1. The maximum atomic E-state index is 12.7. The Bertz CT molecular complexity index is 1140. The molecule has 5 nitrogen and oxygen atoms in total. The summed E-state index contributed by atoms with van der Waals surface area (Å²) >= 11 is 6.32. The Morgan fingerprint density at radius 3 is 2.60 bits per heavy atom. The van der Waals surface area contributed by atoms with Gasteiger partial charge in [0.2, 0.25) is 5.88 Å². The highest BCUT2D eigenvalue weighted by atomic mass is 35.5. The molecule has 6 heteroatoms. The summed E-state index contributed by atoms with van der Waals surface area (Å²) in [5, 5.41) is 10.6. The van der Waals surface area contributed by atoms with Crippen molar-refractivity contribution in [2.45, 2.75) is 5.92 Å². The molecule has 0 aliphatic carbocycles. The molecule has 122 valence electrons. The fraction of sp³-hybridized carbons (Fsp3) is 0.0526. The summed E-state index contributed by atoms with van der Waals surface area (Å²) in [5.74, 6) is -0.493. The number of halogens is 1. The molecule has 2 heterocycles. The molecule has 0 saturated carbocycles. The van der Waals surface area contributed by atoms with Gasteiger partial charge in [-0.1, -0.05) is 41.9 Å². The first-order valence-corrected chi connectivity index (χ1v) is 7.87. The molecule has 25 heavy (non-hydrogen) atoms. The van der Waals surface area contributed by atoms with Crippen LogP contribution >= 0.6 is 11.6 Å². The molecule has 0 spiro atoms. The van der Waals surface area contributed by atoms with Crippen molar-refractivity contribution in [2.75, 3.05) is 0 Å².